The molecule has 10 nitrogen and oxygen atoms in total. The Hall–Kier alpha value is -1.85. The molecule has 0 aliphatic heterocycles. The Labute approximate surface area is 169 Å². The fourth-order valence-corrected chi connectivity index (χ4v) is 2.81. The molecule has 0 saturated carbocycles. The maximum atomic E-state index is 12.6. The van der Waals surface area contributed by atoms with Crippen LogP contribution in [-0.4, -0.2) is 76.7 Å². The number of aliphatic carboxylic acids is 1. The fraction of sp³-hybridized carbons (Fsp3) is 0.765. The van der Waals surface area contributed by atoms with Crippen molar-refractivity contribution in [1.82, 2.24) is 16.0 Å². The second-order valence-electron chi connectivity index (χ2n) is 6.54. The Kier molecular flexibility index (Phi) is 12.5. The van der Waals surface area contributed by atoms with Gasteiger partial charge in [-0.3, -0.25) is 14.4 Å². The lowest BCUT2D eigenvalue weighted by atomic mass is 9.98. The van der Waals surface area contributed by atoms with Crippen molar-refractivity contribution in [3.8, 4) is 0 Å². The summed E-state index contributed by atoms with van der Waals surface area (Å²) in [6, 6.07) is -3.39. The van der Waals surface area contributed by atoms with E-state index in [0.29, 0.717) is 12.2 Å². The lowest BCUT2D eigenvalue weighted by Gasteiger charge is -2.26. The number of hydrogen-bond acceptors (Lipinski definition) is 7. The number of hydrogen-bond donors (Lipinski definition) is 6. The van der Waals surface area contributed by atoms with Crippen LogP contribution in [-0.2, 0) is 19.2 Å². The minimum atomic E-state index is -1.29. The highest BCUT2D eigenvalue weighted by atomic mass is 32.2. The molecule has 0 saturated heterocycles. The lowest BCUT2D eigenvalue weighted by molar-refractivity contribution is -0.144. The summed E-state index contributed by atoms with van der Waals surface area (Å²) in [6.07, 6.45) is 1.42. The number of aliphatic hydroxyl groups is 1. The van der Waals surface area contributed by atoms with Crippen LogP contribution in [0.3, 0.4) is 0 Å². The third kappa shape index (κ3) is 8.89. The van der Waals surface area contributed by atoms with Gasteiger partial charge in [-0.05, 0) is 31.3 Å². The molecule has 162 valence electrons. The zero-order chi connectivity index (χ0) is 21.9. The van der Waals surface area contributed by atoms with Crippen molar-refractivity contribution in [3.05, 3.63) is 0 Å². The monoisotopic (exact) mass is 420 g/mol. The molecule has 0 rings (SSSR count). The van der Waals surface area contributed by atoms with Crippen LogP contribution in [0.5, 0.6) is 0 Å². The highest BCUT2D eigenvalue weighted by molar-refractivity contribution is 7.98. The van der Waals surface area contributed by atoms with E-state index >= 15 is 0 Å². The lowest BCUT2D eigenvalue weighted by Crippen LogP contribution is -2.59. The van der Waals surface area contributed by atoms with Gasteiger partial charge in [0.05, 0.1) is 12.6 Å². The van der Waals surface area contributed by atoms with Gasteiger partial charge in [0.15, 0.2) is 0 Å². The standard InChI is InChI=1S/C17H32N4O6S/c1-5-9(2)13(17(26)27)21-15(24)11(6-7-28-4)19-16(25)14(10(3)22)20-12(23)8-18/h9-11,13-14,22H,5-8,18H2,1-4H3,(H,19,25)(H,20,23)(H,21,24)(H,26,27). The normalized spacial score (nSPS) is 16.2. The van der Waals surface area contributed by atoms with Gasteiger partial charge < -0.3 is 31.9 Å². The number of carboxylic acids is 1. The first-order valence-electron chi connectivity index (χ1n) is 9.08. The smallest absolute Gasteiger partial charge is 0.326 e. The fourth-order valence-electron chi connectivity index (χ4n) is 2.34. The summed E-state index contributed by atoms with van der Waals surface area (Å²) < 4.78 is 0. The van der Waals surface area contributed by atoms with Gasteiger partial charge in [-0.25, -0.2) is 4.79 Å². The van der Waals surface area contributed by atoms with Crippen molar-refractivity contribution in [2.45, 2.75) is 57.8 Å². The number of aliphatic hydroxyl groups excluding tert-OH is 1. The molecule has 0 aliphatic rings. The minimum Gasteiger partial charge on any atom is -0.480 e. The van der Waals surface area contributed by atoms with Crippen LogP contribution in [0, 0.1) is 5.92 Å². The van der Waals surface area contributed by atoms with Gasteiger partial charge in [-0.2, -0.15) is 11.8 Å². The molecule has 0 heterocycles. The van der Waals surface area contributed by atoms with Crippen molar-refractivity contribution < 1.29 is 29.4 Å². The third-order valence-corrected chi connectivity index (χ3v) is 4.93. The quantitative estimate of drug-likeness (QED) is 0.213. The van der Waals surface area contributed by atoms with Crippen LogP contribution >= 0.6 is 11.8 Å². The van der Waals surface area contributed by atoms with Crippen molar-refractivity contribution in [3.63, 3.8) is 0 Å². The SMILES string of the molecule is CCC(C)C(NC(=O)C(CCSC)NC(=O)C(NC(=O)CN)C(C)O)C(=O)O. The van der Waals surface area contributed by atoms with E-state index < -0.39 is 47.9 Å². The average Bonchev–Trinajstić information content (AvgIpc) is 2.65. The molecular weight excluding hydrogens is 388 g/mol. The molecule has 5 unspecified atom stereocenters. The summed E-state index contributed by atoms with van der Waals surface area (Å²) >= 11 is 1.46. The summed E-state index contributed by atoms with van der Waals surface area (Å²) in [6.45, 7) is 4.48. The van der Waals surface area contributed by atoms with E-state index in [1.807, 2.05) is 13.2 Å². The molecule has 0 bridgehead atoms. The third-order valence-electron chi connectivity index (χ3n) is 4.29. The number of thioether (sulfide) groups is 1. The Morgan fingerprint density at radius 2 is 1.64 bits per heavy atom. The topological polar surface area (TPSA) is 171 Å². The van der Waals surface area contributed by atoms with Crippen molar-refractivity contribution in [2.75, 3.05) is 18.6 Å². The summed E-state index contributed by atoms with van der Waals surface area (Å²) in [5.74, 6) is -2.94. The first-order chi connectivity index (χ1) is 13.1. The molecule has 0 aliphatic carbocycles. The van der Waals surface area contributed by atoms with E-state index in [1.54, 1.807) is 6.92 Å². The van der Waals surface area contributed by atoms with Crippen molar-refractivity contribution in [1.29, 1.82) is 0 Å². The predicted octanol–water partition coefficient (Wildman–Crippen LogP) is -1.34. The van der Waals surface area contributed by atoms with E-state index in [2.05, 4.69) is 16.0 Å². The molecule has 0 radical (unpaired) electrons. The van der Waals surface area contributed by atoms with Crippen LogP contribution in [0.1, 0.15) is 33.6 Å². The zero-order valence-electron chi connectivity index (χ0n) is 16.7. The number of carbonyl (C=O) groups is 4. The highest BCUT2D eigenvalue weighted by Gasteiger charge is 2.32. The molecule has 0 aromatic carbocycles. The number of nitrogens with two attached hydrogens (primary N) is 1. The molecule has 0 spiro atoms. The van der Waals surface area contributed by atoms with Crippen LogP contribution in [0.4, 0.5) is 0 Å². The number of rotatable bonds is 13. The number of amides is 3. The Balaban J connectivity index is 5.32. The molecule has 3 amide bonds. The number of carboxylic acid groups (broad SMARTS) is 1. The number of nitrogens with one attached hydrogen (secondary N) is 3. The largest absolute Gasteiger partial charge is 0.480 e. The van der Waals surface area contributed by atoms with E-state index in [4.69, 9.17) is 5.73 Å². The molecule has 28 heavy (non-hydrogen) atoms. The highest BCUT2D eigenvalue weighted by Crippen LogP contribution is 2.10. The van der Waals surface area contributed by atoms with Gasteiger partial charge >= 0.3 is 5.97 Å². The summed E-state index contributed by atoms with van der Waals surface area (Å²) in [7, 11) is 0. The average molecular weight is 421 g/mol. The van der Waals surface area contributed by atoms with E-state index in [1.165, 1.54) is 18.7 Å². The maximum Gasteiger partial charge on any atom is 0.326 e. The Morgan fingerprint density at radius 1 is 1.04 bits per heavy atom. The molecule has 0 aromatic heterocycles. The summed E-state index contributed by atoms with van der Waals surface area (Å²) in [4.78, 5) is 48.0. The first kappa shape index (κ1) is 26.1. The van der Waals surface area contributed by atoms with Crippen molar-refractivity contribution >= 4 is 35.5 Å². The van der Waals surface area contributed by atoms with E-state index in [-0.39, 0.29) is 18.9 Å². The molecule has 0 aromatic rings. The maximum absolute atomic E-state index is 12.6. The number of carbonyl (C=O) groups excluding carboxylic acids is 3. The Morgan fingerprint density at radius 3 is 2.07 bits per heavy atom. The van der Waals surface area contributed by atoms with Crippen LogP contribution < -0.4 is 21.7 Å². The van der Waals surface area contributed by atoms with Gasteiger partial charge in [0, 0.05) is 0 Å². The van der Waals surface area contributed by atoms with Gasteiger partial charge in [0.2, 0.25) is 17.7 Å². The predicted molar refractivity (Wildman–Crippen MR) is 107 cm³/mol. The van der Waals surface area contributed by atoms with E-state index in [0.717, 1.165) is 0 Å². The van der Waals surface area contributed by atoms with Gasteiger partial charge in [-0.1, -0.05) is 20.3 Å². The molecular formula is C17H32N4O6S. The van der Waals surface area contributed by atoms with E-state index in [9.17, 15) is 29.4 Å². The minimum absolute atomic E-state index is 0.253. The second-order valence-corrected chi connectivity index (χ2v) is 7.53. The van der Waals surface area contributed by atoms with Gasteiger partial charge in [-0.15, -0.1) is 0 Å². The van der Waals surface area contributed by atoms with Crippen LogP contribution in [0.2, 0.25) is 0 Å². The summed E-state index contributed by atoms with van der Waals surface area (Å²) in [5, 5.41) is 26.4. The van der Waals surface area contributed by atoms with Crippen LogP contribution in [0.25, 0.3) is 0 Å². The molecule has 11 heteroatoms. The van der Waals surface area contributed by atoms with Crippen LogP contribution in [0.15, 0.2) is 0 Å². The zero-order valence-corrected chi connectivity index (χ0v) is 17.5. The summed E-state index contributed by atoms with van der Waals surface area (Å²) in [5.41, 5.74) is 5.21. The van der Waals surface area contributed by atoms with Gasteiger partial charge in [0.1, 0.15) is 18.1 Å². The van der Waals surface area contributed by atoms with Gasteiger partial charge in [0.25, 0.3) is 0 Å². The second kappa shape index (κ2) is 13.3. The van der Waals surface area contributed by atoms with Crippen molar-refractivity contribution in [2.24, 2.45) is 11.7 Å². The molecule has 7 N–H and O–H groups in total. The first-order valence-corrected chi connectivity index (χ1v) is 10.5. The Bertz CT molecular complexity index is 546. The molecule has 5 atom stereocenters. The molecule has 0 fully saturated rings.